The lowest BCUT2D eigenvalue weighted by molar-refractivity contribution is -0.137. The van der Waals surface area contributed by atoms with Gasteiger partial charge in [-0.1, -0.05) is 19.8 Å². The van der Waals surface area contributed by atoms with Crippen molar-refractivity contribution in [2.45, 2.75) is 84.0 Å². The Hall–Kier alpha value is 0.0406. The smallest absolute Gasteiger partial charge is 0.311 e. The molecule has 7 heteroatoms. The number of hydrogen-bond acceptors (Lipinski definition) is 3. The molecule has 0 atom stereocenters. The first-order valence-electron chi connectivity index (χ1n) is 8.01. The molecule has 0 aliphatic rings. The maximum absolute atomic E-state index is 10.6. The Kier molecular flexibility index (Phi) is 8.63. The fraction of sp³-hybridized carbons (Fsp3) is 0.929. The van der Waals surface area contributed by atoms with Crippen LogP contribution in [-0.2, 0) is 13.0 Å². The lowest BCUT2D eigenvalue weighted by atomic mass is 10.3. The SMILES string of the molecule is CCCC[Si](C)(C)O[Si](C)(C)O[Si](C)(C)CCCC(=O)O. The molecule has 0 saturated heterocycles. The second kappa shape index (κ2) is 8.62. The summed E-state index contributed by atoms with van der Waals surface area (Å²) in [6.45, 7) is 15.4. The highest BCUT2D eigenvalue weighted by atomic mass is 28.5. The minimum Gasteiger partial charge on any atom is -0.481 e. The van der Waals surface area contributed by atoms with Crippen LogP contribution in [0.25, 0.3) is 0 Å². The highest BCUT2D eigenvalue weighted by Crippen LogP contribution is 2.26. The molecule has 0 amide bonds. The maximum atomic E-state index is 10.6. The third kappa shape index (κ3) is 11.3. The van der Waals surface area contributed by atoms with Crippen LogP contribution >= 0.6 is 0 Å². The molecule has 0 aromatic heterocycles. The zero-order valence-corrected chi connectivity index (χ0v) is 17.9. The van der Waals surface area contributed by atoms with Crippen molar-refractivity contribution >= 4 is 31.2 Å². The molecule has 1 N–H and O–H groups in total. The van der Waals surface area contributed by atoms with Crippen LogP contribution in [0.5, 0.6) is 0 Å². The Labute approximate surface area is 133 Å². The highest BCUT2D eigenvalue weighted by Gasteiger charge is 2.39. The summed E-state index contributed by atoms with van der Waals surface area (Å²) in [5.74, 6) is -0.722. The van der Waals surface area contributed by atoms with Gasteiger partial charge >= 0.3 is 14.5 Å². The van der Waals surface area contributed by atoms with Crippen molar-refractivity contribution in [1.29, 1.82) is 0 Å². The zero-order chi connectivity index (χ0) is 16.7. The maximum Gasteiger partial charge on any atom is 0.311 e. The van der Waals surface area contributed by atoms with Gasteiger partial charge in [0.2, 0.25) is 0 Å². The van der Waals surface area contributed by atoms with Crippen LogP contribution < -0.4 is 0 Å². The lowest BCUT2D eigenvalue weighted by Crippen LogP contribution is -2.52. The van der Waals surface area contributed by atoms with Crippen molar-refractivity contribution < 1.29 is 18.1 Å². The van der Waals surface area contributed by atoms with Crippen LogP contribution in [0.3, 0.4) is 0 Å². The molecule has 0 spiro atoms. The van der Waals surface area contributed by atoms with Gasteiger partial charge in [0.1, 0.15) is 0 Å². The van der Waals surface area contributed by atoms with E-state index in [0.717, 1.165) is 6.04 Å². The van der Waals surface area contributed by atoms with E-state index in [2.05, 4.69) is 46.2 Å². The minimum absolute atomic E-state index is 0.235. The molecule has 0 radical (unpaired) electrons. The molecule has 21 heavy (non-hydrogen) atoms. The molecule has 0 fully saturated rings. The van der Waals surface area contributed by atoms with Crippen LogP contribution in [-0.4, -0.2) is 36.3 Å². The van der Waals surface area contributed by atoms with Gasteiger partial charge in [0.05, 0.1) is 0 Å². The van der Waals surface area contributed by atoms with Gasteiger partial charge < -0.3 is 13.3 Å². The molecule has 0 bridgehead atoms. The molecule has 0 aromatic carbocycles. The van der Waals surface area contributed by atoms with E-state index in [-0.39, 0.29) is 6.42 Å². The quantitative estimate of drug-likeness (QED) is 0.544. The second-order valence-electron chi connectivity index (χ2n) is 7.47. The number of unbranched alkanes of at least 4 members (excludes halogenated alkanes) is 1. The van der Waals surface area contributed by atoms with Crippen molar-refractivity contribution in [2.75, 3.05) is 0 Å². The summed E-state index contributed by atoms with van der Waals surface area (Å²) in [5, 5.41) is 8.74. The summed E-state index contributed by atoms with van der Waals surface area (Å²) >= 11 is 0. The molecule has 4 nitrogen and oxygen atoms in total. The fourth-order valence-corrected chi connectivity index (χ4v) is 17.0. The highest BCUT2D eigenvalue weighted by molar-refractivity contribution is 6.87. The van der Waals surface area contributed by atoms with Gasteiger partial charge in [-0.2, -0.15) is 0 Å². The summed E-state index contributed by atoms with van der Waals surface area (Å²) < 4.78 is 12.9. The predicted molar refractivity (Wildman–Crippen MR) is 96.0 cm³/mol. The van der Waals surface area contributed by atoms with E-state index in [4.69, 9.17) is 13.3 Å². The van der Waals surface area contributed by atoms with Crippen LogP contribution in [0, 0.1) is 0 Å². The van der Waals surface area contributed by atoms with Gasteiger partial charge in [-0.05, 0) is 57.8 Å². The van der Waals surface area contributed by atoms with Crippen LogP contribution in [0.4, 0.5) is 0 Å². The first-order valence-corrected chi connectivity index (χ1v) is 17.1. The summed E-state index contributed by atoms with van der Waals surface area (Å²) in [7, 11) is -5.61. The van der Waals surface area contributed by atoms with Crippen molar-refractivity contribution in [3.05, 3.63) is 0 Å². The van der Waals surface area contributed by atoms with Crippen molar-refractivity contribution in [3.63, 3.8) is 0 Å². The first-order chi connectivity index (χ1) is 9.39. The largest absolute Gasteiger partial charge is 0.481 e. The fourth-order valence-electron chi connectivity index (χ4n) is 2.72. The van der Waals surface area contributed by atoms with Crippen LogP contribution in [0.15, 0.2) is 0 Å². The van der Waals surface area contributed by atoms with E-state index < -0.39 is 31.2 Å². The van der Waals surface area contributed by atoms with Crippen molar-refractivity contribution in [2.24, 2.45) is 0 Å². The van der Waals surface area contributed by atoms with Gasteiger partial charge in [-0.25, -0.2) is 0 Å². The molecule has 126 valence electrons. The number of hydrogen-bond donors (Lipinski definition) is 1. The van der Waals surface area contributed by atoms with E-state index in [1.807, 2.05) is 0 Å². The Morgan fingerprint density at radius 3 is 1.71 bits per heavy atom. The van der Waals surface area contributed by atoms with Gasteiger partial charge in [-0.15, -0.1) is 0 Å². The number of rotatable bonds is 11. The lowest BCUT2D eigenvalue weighted by Gasteiger charge is -2.38. The molecular formula is C14H34O4Si3. The van der Waals surface area contributed by atoms with E-state index in [1.165, 1.54) is 18.9 Å². The Balaban J connectivity index is 4.45. The summed E-state index contributed by atoms with van der Waals surface area (Å²) in [5.41, 5.74) is 0. The number of carboxylic acids is 1. The first kappa shape index (κ1) is 21.0. The third-order valence-electron chi connectivity index (χ3n) is 3.35. The van der Waals surface area contributed by atoms with E-state index in [9.17, 15) is 4.79 Å². The second-order valence-corrected chi connectivity index (χ2v) is 19.9. The van der Waals surface area contributed by atoms with Gasteiger partial charge in [-0.3, -0.25) is 4.79 Å². The summed E-state index contributed by atoms with van der Waals surface area (Å²) in [4.78, 5) is 10.6. The standard InChI is InChI=1S/C14H34O4Si3/c1-8-9-12-19(2,3)17-21(6,7)18-20(4,5)13-10-11-14(15)16/h8-13H2,1-7H3,(H,15,16). The molecule has 0 aliphatic carbocycles. The van der Waals surface area contributed by atoms with Gasteiger partial charge in [0, 0.05) is 6.42 Å². The molecule has 0 unspecified atom stereocenters. The van der Waals surface area contributed by atoms with E-state index >= 15 is 0 Å². The molecule has 0 rings (SSSR count). The summed E-state index contributed by atoms with van der Waals surface area (Å²) in [6, 6.07) is 2.07. The van der Waals surface area contributed by atoms with Crippen LogP contribution in [0.1, 0.15) is 32.6 Å². The average molecular weight is 351 g/mol. The number of carboxylic acid groups (broad SMARTS) is 1. The normalized spacial score (nSPS) is 13.5. The monoisotopic (exact) mass is 350 g/mol. The van der Waals surface area contributed by atoms with Crippen molar-refractivity contribution in [3.8, 4) is 0 Å². The van der Waals surface area contributed by atoms with Crippen molar-refractivity contribution in [1.82, 2.24) is 0 Å². The van der Waals surface area contributed by atoms with Crippen LogP contribution in [0.2, 0.25) is 51.4 Å². The topological polar surface area (TPSA) is 55.8 Å². The Morgan fingerprint density at radius 1 is 0.905 bits per heavy atom. The van der Waals surface area contributed by atoms with Gasteiger partial charge in [0.25, 0.3) is 0 Å². The molecular weight excluding hydrogens is 316 g/mol. The molecule has 0 aromatic rings. The minimum atomic E-state index is -2.13. The molecule has 0 saturated carbocycles. The van der Waals surface area contributed by atoms with E-state index in [0.29, 0.717) is 6.42 Å². The molecule has 0 aliphatic heterocycles. The zero-order valence-electron chi connectivity index (χ0n) is 14.9. The van der Waals surface area contributed by atoms with Gasteiger partial charge in [0.15, 0.2) is 16.6 Å². The average Bonchev–Trinajstić information content (AvgIpc) is 2.22. The predicted octanol–water partition coefficient (Wildman–Crippen LogP) is 4.80. The number of aliphatic carboxylic acids is 1. The van der Waals surface area contributed by atoms with E-state index in [1.54, 1.807) is 0 Å². The number of carbonyl (C=O) groups is 1. The Morgan fingerprint density at radius 2 is 1.33 bits per heavy atom. The Bertz CT molecular complexity index is 330. The summed E-state index contributed by atoms with van der Waals surface area (Å²) in [6.07, 6.45) is 3.37. The molecule has 0 heterocycles. The third-order valence-corrected chi connectivity index (χ3v) is 14.8.